The number of nitrogens with zero attached hydrogens (tertiary/aromatic N) is 4. The number of aryl methyl sites for hydroxylation is 2. The van der Waals surface area contributed by atoms with Gasteiger partial charge in [0.1, 0.15) is 11.8 Å². The Balaban J connectivity index is 1.77. The van der Waals surface area contributed by atoms with Crippen molar-refractivity contribution in [3.8, 4) is 5.75 Å². The average molecular weight is 469 g/mol. The van der Waals surface area contributed by atoms with Crippen molar-refractivity contribution in [3.63, 3.8) is 0 Å². The van der Waals surface area contributed by atoms with Crippen molar-refractivity contribution in [3.05, 3.63) is 68.8 Å². The highest BCUT2D eigenvalue weighted by atomic mass is 79.9. The standard InChI is InChI=1S/C21H21BrN6O2/c1-11-5-7-16(12(2)9-11)24-20(29)18-13(3)23-21-25-26-27-28(21)19(18)14-6-8-17(30-4)15(22)10-14/h5-10,19H,1-4H3,(H,24,29)(H,23,25,27)/t19-/m1/s1. The van der Waals surface area contributed by atoms with Gasteiger partial charge in [0.15, 0.2) is 0 Å². The zero-order valence-corrected chi connectivity index (χ0v) is 18.6. The lowest BCUT2D eigenvalue weighted by atomic mass is 9.94. The first-order valence-corrected chi connectivity index (χ1v) is 10.2. The maximum atomic E-state index is 13.4. The number of hydrogen-bond acceptors (Lipinski definition) is 6. The molecule has 1 aliphatic heterocycles. The van der Waals surface area contributed by atoms with Gasteiger partial charge in [0.05, 0.1) is 17.2 Å². The Morgan fingerprint density at radius 2 is 2.00 bits per heavy atom. The summed E-state index contributed by atoms with van der Waals surface area (Å²) in [5.74, 6) is 0.962. The van der Waals surface area contributed by atoms with Crippen molar-refractivity contribution in [2.24, 2.45) is 0 Å². The third kappa shape index (κ3) is 3.56. The van der Waals surface area contributed by atoms with Crippen LogP contribution in [0.3, 0.4) is 0 Å². The monoisotopic (exact) mass is 468 g/mol. The van der Waals surface area contributed by atoms with Crippen LogP contribution in [0.1, 0.15) is 29.7 Å². The highest BCUT2D eigenvalue weighted by molar-refractivity contribution is 9.10. The molecular weight excluding hydrogens is 448 g/mol. The van der Waals surface area contributed by atoms with Crippen molar-refractivity contribution < 1.29 is 9.53 Å². The number of allylic oxidation sites excluding steroid dienone is 1. The molecule has 2 aromatic carbocycles. The van der Waals surface area contributed by atoms with Crippen LogP contribution in [0.15, 0.2) is 52.1 Å². The fourth-order valence-electron chi connectivity index (χ4n) is 3.61. The molecule has 30 heavy (non-hydrogen) atoms. The number of amides is 1. The van der Waals surface area contributed by atoms with Gasteiger partial charge in [-0.05, 0) is 76.5 Å². The quantitative estimate of drug-likeness (QED) is 0.600. The van der Waals surface area contributed by atoms with Gasteiger partial charge in [0, 0.05) is 11.4 Å². The van der Waals surface area contributed by atoms with E-state index in [1.165, 1.54) is 0 Å². The van der Waals surface area contributed by atoms with Crippen molar-refractivity contribution in [2.45, 2.75) is 26.8 Å². The van der Waals surface area contributed by atoms with Crippen LogP contribution >= 0.6 is 15.9 Å². The summed E-state index contributed by atoms with van der Waals surface area (Å²) in [5.41, 5.74) is 4.98. The summed E-state index contributed by atoms with van der Waals surface area (Å²) < 4.78 is 7.73. The van der Waals surface area contributed by atoms with Crippen LogP contribution in [0, 0.1) is 13.8 Å². The lowest BCUT2D eigenvalue weighted by molar-refractivity contribution is -0.113. The van der Waals surface area contributed by atoms with Crippen LogP contribution in [0.5, 0.6) is 5.75 Å². The van der Waals surface area contributed by atoms with Crippen LogP contribution in [0.25, 0.3) is 0 Å². The molecule has 3 aromatic rings. The fraction of sp³-hybridized carbons (Fsp3) is 0.238. The van der Waals surface area contributed by atoms with E-state index in [9.17, 15) is 4.79 Å². The smallest absolute Gasteiger partial charge is 0.255 e. The lowest BCUT2D eigenvalue weighted by Gasteiger charge is -2.28. The van der Waals surface area contributed by atoms with Crippen molar-refractivity contribution >= 4 is 33.5 Å². The third-order valence-electron chi connectivity index (χ3n) is 5.08. The van der Waals surface area contributed by atoms with Crippen LogP contribution in [-0.2, 0) is 4.79 Å². The number of carbonyl (C=O) groups is 1. The molecule has 1 aliphatic rings. The number of anilines is 2. The summed E-state index contributed by atoms with van der Waals surface area (Å²) in [7, 11) is 1.61. The third-order valence-corrected chi connectivity index (χ3v) is 5.70. The molecular formula is C21H21BrN6O2. The van der Waals surface area contributed by atoms with Gasteiger partial charge in [0.25, 0.3) is 5.91 Å². The van der Waals surface area contributed by atoms with E-state index >= 15 is 0 Å². The maximum absolute atomic E-state index is 13.4. The van der Waals surface area contributed by atoms with Gasteiger partial charge in [-0.2, -0.15) is 4.68 Å². The molecule has 4 rings (SSSR count). The molecule has 1 amide bonds. The molecule has 8 nitrogen and oxygen atoms in total. The van der Waals surface area contributed by atoms with E-state index in [1.807, 2.05) is 57.2 Å². The van der Waals surface area contributed by atoms with Crippen LogP contribution in [0.2, 0.25) is 0 Å². The first kappa shape index (κ1) is 20.1. The number of nitrogens with one attached hydrogen (secondary N) is 2. The SMILES string of the molecule is COc1ccc([C@@H]2C(C(=O)Nc3ccc(C)cc3C)=C(C)Nc3nnnn32)cc1Br. The van der Waals surface area contributed by atoms with Gasteiger partial charge in [-0.25, -0.2) is 0 Å². The first-order chi connectivity index (χ1) is 14.4. The van der Waals surface area contributed by atoms with E-state index in [-0.39, 0.29) is 5.91 Å². The highest BCUT2D eigenvalue weighted by Gasteiger charge is 2.34. The molecule has 0 spiro atoms. The molecule has 2 heterocycles. The minimum atomic E-state index is -0.496. The number of rotatable bonds is 4. The summed E-state index contributed by atoms with van der Waals surface area (Å²) in [5, 5.41) is 18.1. The van der Waals surface area contributed by atoms with Gasteiger partial charge in [-0.1, -0.05) is 28.9 Å². The van der Waals surface area contributed by atoms with Crippen molar-refractivity contribution in [2.75, 3.05) is 17.7 Å². The van der Waals surface area contributed by atoms with E-state index in [4.69, 9.17) is 4.74 Å². The van der Waals surface area contributed by atoms with Gasteiger partial charge in [-0.15, -0.1) is 0 Å². The molecule has 0 fully saturated rings. The Morgan fingerprint density at radius 3 is 2.70 bits per heavy atom. The zero-order chi connectivity index (χ0) is 21.4. The van der Waals surface area contributed by atoms with E-state index in [1.54, 1.807) is 11.8 Å². The maximum Gasteiger partial charge on any atom is 0.255 e. The van der Waals surface area contributed by atoms with Crippen LogP contribution in [-0.4, -0.2) is 33.2 Å². The predicted octanol–water partition coefficient (Wildman–Crippen LogP) is 3.99. The topological polar surface area (TPSA) is 94.0 Å². The van der Waals surface area contributed by atoms with Gasteiger partial charge >= 0.3 is 0 Å². The molecule has 0 radical (unpaired) electrons. The minimum Gasteiger partial charge on any atom is -0.496 e. The van der Waals surface area contributed by atoms with Gasteiger partial charge in [0.2, 0.25) is 5.95 Å². The normalized spacial score (nSPS) is 15.4. The summed E-state index contributed by atoms with van der Waals surface area (Å²) in [6.07, 6.45) is 0. The minimum absolute atomic E-state index is 0.218. The summed E-state index contributed by atoms with van der Waals surface area (Å²) >= 11 is 3.53. The van der Waals surface area contributed by atoms with Crippen LogP contribution < -0.4 is 15.4 Å². The zero-order valence-electron chi connectivity index (χ0n) is 17.0. The Hall–Kier alpha value is -3.20. The molecule has 0 saturated carbocycles. The molecule has 0 unspecified atom stereocenters. The Morgan fingerprint density at radius 1 is 1.20 bits per heavy atom. The number of hydrogen-bond donors (Lipinski definition) is 2. The van der Waals surface area contributed by atoms with Gasteiger partial charge in [-0.3, -0.25) is 4.79 Å². The number of ether oxygens (including phenoxy) is 1. The second kappa shape index (κ2) is 7.91. The fourth-order valence-corrected chi connectivity index (χ4v) is 4.17. The second-order valence-electron chi connectivity index (χ2n) is 7.18. The average Bonchev–Trinajstić information content (AvgIpc) is 3.16. The summed E-state index contributed by atoms with van der Waals surface area (Å²) in [6, 6.07) is 11.1. The van der Waals surface area contributed by atoms with E-state index in [0.29, 0.717) is 23.0 Å². The summed E-state index contributed by atoms with van der Waals surface area (Å²) in [4.78, 5) is 13.4. The first-order valence-electron chi connectivity index (χ1n) is 9.36. The number of tetrazole rings is 1. The Labute approximate surface area is 182 Å². The van der Waals surface area contributed by atoms with E-state index < -0.39 is 6.04 Å². The molecule has 9 heteroatoms. The molecule has 1 atom stereocenters. The molecule has 1 aromatic heterocycles. The lowest BCUT2D eigenvalue weighted by Crippen LogP contribution is -2.31. The summed E-state index contributed by atoms with van der Waals surface area (Å²) in [6.45, 7) is 5.84. The number of methoxy groups -OCH3 is 1. The number of aromatic nitrogens is 4. The molecule has 154 valence electrons. The molecule has 0 saturated heterocycles. The number of halogens is 1. The molecule has 0 bridgehead atoms. The molecule has 0 aliphatic carbocycles. The Kier molecular flexibility index (Phi) is 5.29. The molecule has 2 N–H and O–H groups in total. The largest absolute Gasteiger partial charge is 0.496 e. The second-order valence-corrected chi connectivity index (χ2v) is 8.03. The van der Waals surface area contributed by atoms with Crippen LogP contribution in [0.4, 0.5) is 11.6 Å². The van der Waals surface area contributed by atoms with E-state index in [0.717, 1.165) is 26.9 Å². The van der Waals surface area contributed by atoms with Crippen molar-refractivity contribution in [1.29, 1.82) is 0 Å². The number of carbonyl (C=O) groups excluding carboxylic acids is 1. The number of fused-ring (bicyclic) bond motifs is 1. The van der Waals surface area contributed by atoms with E-state index in [2.05, 4.69) is 42.1 Å². The predicted molar refractivity (Wildman–Crippen MR) is 118 cm³/mol. The highest BCUT2D eigenvalue weighted by Crippen LogP contribution is 2.37. The Bertz CT molecular complexity index is 1170. The van der Waals surface area contributed by atoms with Gasteiger partial charge < -0.3 is 15.4 Å². The number of benzene rings is 2. The van der Waals surface area contributed by atoms with Crippen molar-refractivity contribution in [1.82, 2.24) is 20.2 Å².